The fraction of sp³-hybridized carbons (Fsp3) is 0.429. The fourth-order valence-electron chi connectivity index (χ4n) is 1.61. The highest BCUT2D eigenvalue weighted by Gasteiger charge is 2.24. The SMILES string of the molecule is O=C(NCC#CCOc1cccnc1)C1CCC1. The number of aromatic nitrogens is 1. The van der Waals surface area contributed by atoms with Crippen LogP contribution < -0.4 is 10.1 Å². The molecule has 4 nitrogen and oxygen atoms in total. The molecule has 0 aromatic carbocycles. The third-order valence-corrected chi connectivity index (χ3v) is 2.90. The summed E-state index contributed by atoms with van der Waals surface area (Å²) in [6, 6.07) is 3.63. The van der Waals surface area contributed by atoms with Crippen LogP contribution in [0.4, 0.5) is 0 Å². The van der Waals surface area contributed by atoms with Gasteiger partial charge in [-0.3, -0.25) is 9.78 Å². The number of nitrogens with zero attached hydrogens (tertiary/aromatic N) is 1. The summed E-state index contributed by atoms with van der Waals surface area (Å²) in [5.74, 6) is 6.76. The van der Waals surface area contributed by atoms with Crippen LogP contribution in [0.3, 0.4) is 0 Å². The van der Waals surface area contributed by atoms with Crippen molar-refractivity contribution in [3.05, 3.63) is 24.5 Å². The van der Waals surface area contributed by atoms with Gasteiger partial charge in [0.15, 0.2) is 0 Å². The molecule has 0 saturated heterocycles. The molecular formula is C14H16N2O2. The Bertz CT molecular complexity index is 444. The predicted molar refractivity (Wildman–Crippen MR) is 67.9 cm³/mol. The minimum absolute atomic E-state index is 0.128. The van der Waals surface area contributed by atoms with E-state index in [1.54, 1.807) is 12.4 Å². The summed E-state index contributed by atoms with van der Waals surface area (Å²) in [6.45, 7) is 0.705. The van der Waals surface area contributed by atoms with E-state index in [4.69, 9.17) is 4.74 Å². The second-order valence-electron chi connectivity index (χ2n) is 4.18. The van der Waals surface area contributed by atoms with Crippen LogP contribution in [0.15, 0.2) is 24.5 Å². The van der Waals surface area contributed by atoms with Crippen LogP contribution in [-0.2, 0) is 4.79 Å². The molecule has 1 aromatic rings. The van der Waals surface area contributed by atoms with E-state index in [0.717, 1.165) is 12.8 Å². The zero-order valence-corrected chi connectivity index (χ0v) is 10.2. The Morgan fingerprint density at radius 1 is 1.50 bits per heavy atom. The van der Waals surface area contributed by atoms with Crippen molar-refractivity contribution < 1.29 is 9.53 Å². The Hall–Kier alpha value is -2.02. The number of rotatable bonds is 4. The predicted octanol–water partition coefficient (Wildman–Crippen LogP) is 1.38. The molecule has 0 spiro atoms. The lowest BCUT2D eigenvalue weighted by atomic mass is 9.85. The maximum absolute atomic E-state index is 11.5. The van der Waals surface area contributed by atoms with E-state index in [0.29, 0.717) is 18.9 Å². The normalized spacial score (nSPS) is 14.0. The van der Waals surface area contributed by atoms with Crippen molar-refractivity contribution in [3.8, 4) is 17.6 Å². The van der Waals surface area contributed by atoms with Gasteiger partial charge in [0.05, 0.1) is 12.7 Å². The highest BCUT2D eigenvalue weighted by atomic mass is 16.5. The van der Waals surface area contributed by atoms with Crippen LogP contribution >= 0.6 is 0 Å². The number of pyridine rings is 1. The first-order chi connectivity index (χ1) is 8.86. The van der Waals surface area contributed by atoms with Crippen molar-refractivity contribution >= 4 is 5.91 Å². The summed E-state index contributed by atoms with van der Waals surface area (Å²) in [5, 5.41) is 2.80. The first-order valence-corrected chi connectivity index (χ1v) is 6.12. The Labute approximate surface area is 107 Å². The average molecular weight is 244 g/mol. The Kier molecular flexibility index (Phi) is 4.60. The molecular weight excluding hydrogens is 228 g/mol. The molecule has 0 unspecified atom stereocenters. The van der Waals surface area contributed by atoms with Gasteiger partial charge in [-0.05, 0) is 25.0 Å². The summed E-state index contributed by atoms with van der Waals surface area (Å²) < 4.78 is 5.34. The van der Waals surface area contributed by atoms with Crippen LogP contribution in [0.25, 0.3) is 0 Å². The lowest BCUT2D eigenvalue weighted by Gasteiger charge is -2.23. The van der Waals surface area contributed by atoms with Gasteiger partial charge in [0, 0.05) is 12.1 Å². The van der Waals surface area contributed by atoms with Crippen molar-refractivity contribution in [1.82, 2.24) is 10.3 Å². The summed E-state index contributed by atoms with van der Waals surface area (Å²) in [5.41, 5.74) is 0. The molecule has 1 fully saturated rings. The van der Waals surface area contributed by atoms with Crippen LogP contribution in [0.1, 0.15) is 19.3 Å². The zero-order valence-electron chi connectivity index (χ0n) is 10.2. The third-order valence-electron chi connectivity index (χ3n) is 2.90. The second kappa shape index (κ2) is 6.65. The maximum Gasteiger partial charge on any atom is 0.223 e. The Morgan fingerprint density at radius 3 is 3.06 bits per heavy atom. The van der Waals surface area contributed by atoms with Gasteiger partial charge in [-0.15, -0.1) is 0 Å². The molecule has 1 aliphatic rings. The van der Waals surface area contributed by atoms with E-state index >= 15 is 0 Å². The summed E-state index contributed by atoms with van der Waals surface area (Å²) in [4.78, 5) is 15.4. The molecule has 0 radical (unpaired) electrons. The van der Waals surface area contributed by atoms with Crippen molar-refractivity contribution in [2.24, 2.45) is 5.92 Å². The van der Waals surface area contributed by atoms with E-state index in [-0.39, 0.29) is 11.8 Å². The van der Waals surface area contributed by atoms with Crippen molar-refractivity contribution in [2.75, 3.05) is 13.2 Å². The van der Waals surface area contributed by atoms with E-state index in [1.165, 1.54) is 6.42 Å². The highest BCUT2D eigenvalue weighted by molar-refractivity contribution is 5.79. The van der Waals surface area contributed by atoms with Gasteiger partial charge >= 0.3 is 0 Å². The van der Waals surface area contributed by atoms with E-state index < -0.39 is 0 Å². The number of amides is 1. The maximum atomic E-state index is 11.5. The molecule has 1 N–H and O–H groups in total. The molecule has 1 amide bonds. The number of nitrogens with one attached hydrogen (secondary N) is 1. The standard InChI is InChI=1S/C14H16N2O2/c17-14(12-5-3-6-12)16-9-1-2-10-18-13-7-4-8-15-11-13/h4,7-8,11-12H,3,5-6,9-10H2,(H,16,17). The second-order valence-corrected chi connectivity index (χ2v) is 4.18. The van der Waals surface area contributed by atoms with Gasteiger partial charge < -0.3 is 10.1 Å². The number of carbonyl (C=O) groups excluding carboxylic acids is 1. The van der Waals surface area contributed by atoms with Gasteiger partial charge in [-0.1, -0.05) is 18.3 Å². The van der Waals surface area contributed by atoms with Gasteiger partial charge in [0.2, 0.25) is 5.91 Å². The van der Waals surface area contributed by atoms with E-state index in [1.807, 2.05) is 12.1 Å². The molecule has 0 bridgehead atoms. The lowest BCUT2D eigenvalue weighted by Crippen LogP contribution is -2.34. The topological polar surface area (TPSA) is 51.2 Å². The largest absolute Gasteiger partial charge is 0.479 e. The van der Waals surface area contributed by atoms with E-state index in [9.17, 15) is 4.79 Å². The van der Waals surface area contributed by atoms with Gasteiger partial charge in [0.25, 0.3) is 0 Å². The van der Waals surface area contributed by atoms with Gasteiger partial charge in [0.1, 0.15) is 12.4 Å². The molecule has 4 heteroatoms. The lowest BCUT2D eigenvalue weighted by molar-refractivity contribution is -0.127. The van der Waals surface area contributed by atoms with Crippen LogP contribution in [-0.4, -0.2) is 24.0 Å². The van der Waals surface area contributed by atoms with Gasteiger partial charge in [-0.2, -0.15) is 0 Å². The molecule has 1 saturated carbocycles. The minimum Gasteiger partial charge on any atom is -0.479 e. The van der Waals surface area contributed by atoms with E-state index in [2.05, 4.69) is 22.1 Å². The quantitative estimate of drug-likeness (QED) is 0.814. The molecule has 0 atom stereocenters. The van der Waals surface area contributed by atoms with Crippen molar-refractivity contribution in [2.45, 2.75) is 19.3 Å². The number of hydrogen-bond donors (Lipinski definition) is 1. The molecule has 1 aliphatic carbocycles. The minimum atomic E-state index is 0.128. The smallest absolute Gasteiger partial charge is 0.223 e. The summed E-state index contributed by atoms with van der Waals surface area (Å²) in [7, 11) is 0. The van der Waals surface area contributed by atoms with Crippen LogP contribution in [0.2, 0.25) is 0 Å². The third kappa shape index (κ3) is 3.77. The molecule has 0 aliphatic heterocycles. The highest BCUT2D eigenvalue weighted by Crippen LogP contribution is 2.25. The van der Waals surface area contributed by atoms with Crippen LogP contribution in [0.5, 0.6) is 5.75 Å². The molecule has 94 valence electrons. The van der Waals surface area contributed by atoms with Crippen LogP contribution in [0, 0.1) is 17.8 Å². The molecule has 18 heavy (non-hydrogen) atoms. The first kappa shape index (κ1) is 12.4. The molecule has 1 aromatic heterocycles. The Morgan fingerprint density at radius 2 is 2.39 bits per heavy atom. The number of carbonyl (C=O) groups is 1. The zero-order chi connectivity index (χ0) is 12.6. The van der Waals surface area contributed by atoms with Crippen molar-refractivity contribution in [1.29, 1.82) is 0 Å². The summed E-state index contributed by atoms with van der Waals surface area (Å²) in [6.07, 6.45) is 6.53. The number of hydrogen-bond acceptors (Lipinski definition) is 3. The summed E-state index contributed by atoms with van der Waals surface area (Å²) >= 11 is 0. The number of ether oxygens (including phenoxy) is 1. The Balaban J connectivity index is 1.59. The molecule has 2 rings (SSSR count). The first-order valence-electron chi connectivity index (χ1n) is 6.12. The fourth-order valence-corrected chi connectivity index (χ4v) is 1.61. The molecule has 1 heterocycles. The monoisotopic (exact) mass is 244 g/mol. The van der Waals surface area contributed by atoms with Crippen molar-refractivity contribution in [3.63, 3.8) is 0 Å². The van der Waals surface area contributed by atoms with Gasteiger partial charge in [-0.25, -0.2) is 0 Å². The average Bonchev–Trinajstić information content (AvgIpc) is 2.33.